The molecule has 1 N–H and O–H groups in total. The third kappa shape index (κ3) is 3.71. The Morgan fingerprint density at radius 1 is 1.23 bits per heavy atom. The van der Waals surface area contributed by atoms with Crippen LogP contribution in [0, 0.1) is 11.7 Å². The quantitative estimate of drug-likeness (QED) is 0.901. The first kappa shape index (κ1) is 17.0. The van der Waals surface area contributed by atoms with E-state index < -0.39 is 0 Å². The van der Waals surface area contributed by atoms with Crippen LogP contribution in [0.4, 0.5) is 10.2 Å². The molecule has 0 spiro atoms. The summed E-state index contributed by atoms with van der Waals surface area (Å²) in [5, 5.41) is 3.38. The molecule has 2 atom stereocenters. The Morgan fingerprint density at radius 2 is 2.04 bits per heavy atom. The molecular formula is C21H24FN3O. The number of carbonyl (C=O) groups excluding carboxylic acids is 1. The predicted molar refractivity (Wildman–Crippen MR) is 99.7 cm³/mol. The van der Waals surface area contributed by atoms with Gasteiger partial charge in [0.1, 0.15) is 11.6 Å². The molecular weight excluding hydrogens is 329 g/mol. The summed E-state index contributed by atoms with van der Waals surface area (Å²) in [6.45, 7) is 3.90. The zero-order valence-corrected chi connectivity index (χ0v) is 15.0. The third-order valence-corrected chi connectivity index (χ3v) is 5.48. The predicted octanol–water partition coefficient (Wildman–Crippen LogP) is 4.06. The lowest BCUT2D eigenvalue weighted by molar-refractivity contribution is 0.0697. The van der Waals surface area contributed by atoms with Crippen molar-refractivity contribution in [1.29, 1.82) is 0 Å². The Bertz CT molecular complexity index is 784. The summed E-state index contributed by atoms with van der Waals surface area (Å²) in [6.07, 6.45) is 4.77. The van der Waals surface area contributed by atoms with Gasteiger partial charge in [0.25, 0.3) is 5.91 Å². The average molecular weight is 353 g/mol. The van der Waals surface area contributed by atoms with Crippen LogP contribution in [0.3, 0.4) is 0 Å². The smallest absolute Gasteiger partial charge is 0.255 e. The summed E-state index contributed by atoms with van der Waals surface area (Å²) in [6, 6.07) is 10.8. The Hall–Kier alpha value is -2.43. The zero-order valence-electron chi connectivity index (χ0n) is 15.0. The van der Waals surface area contributed by atoms with Crippen LogP contribution >= 0.6 is 0 Å². The van der Waals surface area contributed by atoms with Crippen LogP contribution in [0.2, 0.25) is 0 Å². The lowest BCUT2D eigenvalue weighted by atomic mass is 9.99. The second kappa shape index (κ2) is 7.06. The number of hydrogen-bond donors (Lipinski definition) is 1. The fourth-order valence-electron chi connectivity index (χ4n) is 3.65. The molecule has 4 rings (SSSR count). The van der Waals surface area contributed by atoms with Gasteiger partial charge in [-0.1, -0.05) is 19.1 Å². The largest absolute Gasteiger partial charge is 0.367 e. The van der Waals surface area contributed by atoms with Crippen molar-refractivity contribution in [2.75, 3.05) is 18.4 Å². The summed E-state index contributed by atoms with van der Waals surface area (Å²) >= 11 is 0. The molecule has 0 bridgehead atoms. The molecule has 2 heterocycles. The molecule has 1 aliphatic heterocycles. The second-order valence-electron chi connectivity index (χ2n) is 7.55. The lowest BCUT2D eigenvalue weighted by Crippen LogP contribution is -2.37. The third-order valence-electron chi connectivity index (χ3n) is 5.48. The molecule has 2 fully saturated rings. The number of anilines is 1. The van der Waals surface area contributed by atoms with Crippen LogP contribution < -0.4 is 5.32 Å². The summed E-state index contributed by atoms with van der Waals surface area (Å²) in [5.74, 6) is 1.66. The minimum absolute atomic E-state index is 0.0695. The van der Waals surface area contributed by atoms with Crippen LogP contribution in [0.25, 0.3) is 0 Å². The first-order valence-electron chi connectivity index (χ1n) is 9.37. The van der Waals surface area contributed by atoms with E-state index in [1.807, 2.05) is 23.1 Å². The molecule has 26 heavy (non-hydrogen) atoms. The number of amides is 1. The number of rotatable bonds is 4. The molecule has 5 heteroatoms. The van der Waals surface area contributed by atoms with Crippen molar-refractivity contribution in [3.8, 4) is 0 Å². The molecule has 1 saturated carbocycles. The number of nitrogens with one attached hydrogen (secondary N) is 1. The summed E-state index contributed by atoms with van der Waals surface area (Å²) in [4.78, 5) is 18.9. The van der Waals surface area contributed by atoms with Crippen LogP contribution in [-0.2, 0) is 0 Å². The van der Waals surface area contributed by atoms with Gasteiger partial charge in [-0.25, -0.2) is 9.37 Å². The number of aromatic nitrogens is 1. The molecule has 1 amide bonds. The highest BCUT2D eigenvalue weighted by Crippen LogP contribution is 2.42. The summed E-state index contributed by atoms with van der Waals surface area (Å²) in [5.41, 5.74) is 1.66. The molecule has 0 unspecified atom stereocenters. The minimum Gasteiger partial charge on any atom is -0.367 e. The highest BCUT2D eigenvalue weighted by Gasteiger charge is 2.38. The highest BCUT2D eigenvalue weighted by atomic mass is 19.1. The number of benzene rings is 1. The maximum absolute atomic E-state index is 13.3. The van der Waals surface area contributed by atoms with Crippen LogP contribution in [0.5, 0.6) is 0 Å². The normalized spacial score (nSPS) is 22.9. The Morgan fingerprint density at radius 3 is 2.73 bits per heavy atom. The van der Waals surface area contributed by atoms with Crippen molar-refractivity contribution in [2.24, 2.45) is 5.92 Å². The van der Waals surface area contributed by atoms with Gasteiger partial charge >= 0.3 is 0 Å². The zero-order chi connectivity index (χ0) is 18.1. The maximum atomic E-state index is 13.3. The number of carbonyl (C=O) groups is 1. The minimum atomic E-state index is -0.193. The van der Waals surface area contributed by atoms with Crippen molar-refractivity contribution >= 4 is 11.7 Å². The fraction of sp³-hybridized carbons (Fsp3) is 0.429. The summed E-state index contributed by atoms with van der Waals surface area (Å²) in [7, 11) is 0. The molecule has 0 radical (unpaired) electrons. The Kier molecular flexibility index (Phi) is 4.62. The van der Waals surface area contributed by atoms with E-state index in [0.29, 0.717) is 17.4 Å². The lowest BCUT2D eigenvalue weighted by Gasteiger charge is -2.30. The molecule has 136 valence electrons. The SMILES string of the molecule is CC1CCN(C(=O)c2ccc(N[C@@H]3C[C@H]3c3cccc(F)c3)nc2)CC1. The number of likely N-dealkylation sites (tertiary alicyclic amines) is 1. The van der Waals surface area contributed by atoms with Crippen LogP contribution in [0.1, 0.15) is 48.0 Å². The van der Waals surface area contributed by atoms with Gasteiger partial charge in [-0.3, -0.25) is 4.79 Å². The average Bonchev–Trinajstić information content (AvgIpc) is 3.42. The molecule has 2 aromatic rings. The van der Waals surface area contributed by atoms with E-state index in [4.69, 9.17) is 0 Å². The first-order valence-corrected chi connectivity index (χ1v) is 9.37. The van der Waals surface area contributed by atoms with Crippen molar-refractivity contribution in [3.05, 3.63) is 59.5 Å². The van der Waals surface area contributed by atoms with Gasteiger partial charge < -0.3 is 10.2 Å². The number of pyridine rings is 1. The number of nitrogens with zero attached hydrogens (tertiary/aromatic N) is 2. The summed E-state index contributed by atoms with van der Waals surface area (Å²) < 4.78 is 13.3. The van der Waals surface area contributed by atoms with Gasteiger partial charge in [0.2, 0.25) is 0 Å². The van der Waals surface area contributed by atoms with E-state index in [1.165, 1.54) is 6.07 Å². The number of hydrogen-bond acceptors (Lipinski definition) is 3. The van der Waals surface area contributed by atoms with Gasteiger partial charge in [-0.05, 0) is 55.0 Å². The van der Waals surface area contributed by atoms with E-state index in [0.717, 1.165) is 43.7 Å². The van der Waals surface area contributed by atoms with Crippen LogP contribution in [-0.4, -0.2) is 34.9 Å². The van der Waals surface area contributed by atoms with E-state index in [-0.39, 0.29) is 17.8 Å². The molecule has 1 aromatic carbocycles. The topological polar surface area (TPSA) is 45.2 Å². The Balaban J connectivity index is 1.34. The highest BCUT2D eigenvalue weighted by molar-refractivity contribution is 5.94. The molecule has 4 nitrogen and oxygen atoms in total. The van der Waals surface area contributed by atoms with E-state index >= 15 is 0 Å². The van der Waals surface area contributed by atoms with Gasteiger partial charge in [0.05, 0.1) is 5.56 Å². The van der Waals surface area contributed by atoms with Crippen molar-refractivity contribution in [3.63, 3.8) is 0 Å². The standard InChI is InChI=1S/C21H24FN3O/c1-14-7-9-25(10-8-14)21(26)16-5-6-20(23-13-16)24-19-12-18(19)15-3-2-4-17(22)11-15/h2-6,11,13-14,18-19H,7-10,12H2,1H3,(H,23,24)/t18-,19+/m0/s1. The number of piperidine rings is 1. The molecule has 1 aromatic heterocycles. The number of halogens is 1. The van der Waals surface area contributed by atoms with Crippen molar-refractivity contribution in [2.45, 2.75) is 38.1 Å². The van der Waals surface area contributed by atoms with Gasteiger partial charge in [0.15, 0.2) is 0 Å². The van der Waals surface area contributed by atoms with E-state index in [2.05, 4.69) is 17.2 Å². The van der Waals surface area contributed by atoms with Gasteiger partial charge in [0, 0.05) is 31.2 Å². The van der Waals surface area contributed by atoms with E-state index in [1.54, 1.807) is 18.3 Å². The Labute approximate surface area is 153 Å². The van der Waals surface area contributed by atoms with Crippen molar-refractivity contribution in [1.82, 2.24) is 9.88 Å². The first-order chi connectivity index (χ1) is 12.6. The van der Waals surface area contributed by atoms with Gasteiger partial charge in [-0.2, -0.15) is 0 Å². The molecule has 1 saturated heterocycles. The van der Waals surface area contributed by atoms with Crippen molar-refractivity contribution < 1.29 is 9.18 Å². The monoisotopic (exact) mass is 353 g/mol. The molecule has 1 aliphatic carbocycles. The second-order valence-corrected chi connectivity index (χ2v) is 7.55. The van der Waals surface area contributed by atoms with E-state index in [9.17, 15) is 9.18 Å². The fourth-order valence-corrected chi connectivity index (χ4v) is 3.65. The van der Waals surface area contributed by atoms with Crippen LogP contribution in [0.15, 0.2) is 42.6 Å². The maximum Gasteiger partial charge on any atom is 0.255 e. The molecule has 2 aliphatic rings. The van der Waals surface area contributed by atoms with Gasteiger partial charge in [-0.15, -0.1) is 0 Å².